The van der Waals surface area contributed by atoms with Gasteiger partial charge in [0, 0.05) is 16.7 Å². The number of rotatable bonds is 2. The Kier molecular flexibility index (Phi) is 5.37. The normalized spacial score (nSPS) is 25.8. The Labute approximate surface area is 148 Å². The lowest BCUT2D eigenvalue weighted by molar-refractivity contribution is -0.928. The zero-order valence-electron chi connectivity index (χ0n) is 16.8. The van der Waals surface area contributed by atoms with Gasteiger partial charge < -0.3 is 14.7 Å². The molecule has 0 saturated carbocycles. The Bertz CT molecular complexity index is 535. The lowest BCUT2D eigenvalue weighted by Gasteiger charge is -2.33. The molecule has 0 bridgehead atoms. The fourth-order valence-corrected chi connectivity index (χ4v) is 3.76. The van der Waals surface area contributed by atoms with Gasteiger partial charge in [0.25, 0.3) is 0 Å². The van der Waals surface area contributed by atoms with Gasteiger partial charge in [-0.3, -0.25) is 0 Å². The van der Waals surface area contributed by atoms with Crippen LogP contribution in [-0.4, -0.2) is 30.4 Å². The van der Waals surface area contributed by atoms with Crippen molar-refractivity contribution < 1.29 is 14.7 Å². The van der Waals surface area contributed by atoms with Gasteiger partial charge in [0.05, 0.1) is 0 Å². The molecule has 1 aromatic rings. The van der Waals surface area contributed by atoms with Crippen molar-refractivity contribution in [3.63, 3.8) is 0 Å². The Morgan fingerprint density at radius 2 is 1.38 bits per heavy atom. The Hall–Kier alpha value is -1.06. The lowest BCUT2D eigenvalue weighted by atomic mass is 9.78. The van der Waals surface area contributed by atoms with Crippen LogP contribution in [0.2, 0.25) is 0 Å². The number of morpholine rings is 1. The lowest BCUT2D eigenvalue weighted by Crippen LogP contribution is -3.14. The number of hydrogen-bond acceptors (Lipinski definition) is 2. The van der Waals surface area contributed by atoms with Crippen molar-refractivity contribution in [2.24, 2.45) is 0 Å². The predicted octanol–water partition coefficient (Wildman–Crippen LogP) is 3.18. The van der Waals surface area contributed by atoms with Crippen LogP contribution in [0.15, 0.2) is 12.1 Å². The van der Waals surface area contributed by atoms with Crippen molar-refractivity contribution in [1.29, 1.82) is 0 Å². The monoisotopic (exact) mass is 334 g/mol. The fraction of sp³-hybridized carbons (Fsp3) is 0.714. The molecular formula is C21H36NO2+. The molecule has 136 valence electrons. The Morgan fingerprint density at radius 3 is 1.75 bits per heavy atom. The van der Waals surface area contributed by atoms with E-state index in [0.717, 1.165) is 30.8 Å². The summed E-state index contributed by atoms with van der Waals surface area (Å²) in [6.07, 6.45) is 0.620. The quantitative estimate of drug-likeness (QED) is 0.871. The molecule has 2 N–H and O–H groups in total. The topological polar surface area (TPSA) is 33.9 Å². The second-order valence-corrected chi connectivity index (χ2v) is 9.63. The second kappa shape index (κ2) is 6.68. The predicted molar refractivity (Wildman–Crippen MR) is 99.9 cm³/mol. The van der Waals surface area contributed by atoms with E-state index in [1.165, 1.54) is 5.56 Å². The summed E-state index contributed by atoms with van der Waals surface area (Å²) in [5, 5.41) is 10.8. The minimum Gasteiger partial charge on any atom is -0.507 e. The number of phenolic OH excluding ortho intramolecular Hbond substituents is 1. The number of ether oxygens (including phenoxy) is 1. The molecule has 3 nitrogen and oxygen atoms in total. The summed E-state index contributed by atoms with van der Waals surface area (Å²) in [5.41, 5.74) is 3.29. The number of nitrogens with one attached hydrogen (secondary N) is 1. The summed E-state index contributed by atoms with van der Waals surface area (Å²) < 4.78 is 5.87. The van der Waals surface area contributed by atoms with Gasteiger partial charge in [-0.05, 0) is 36.8 Å². The molecule has 2 atom stereocenters. The van der Waals surface area contributed by atoms with E-state index < -0.39 is 0 Å². The van der Waals surface area contributed by atoms with Crippen molar-refractivity contribution >= 4 is 0 Å². The van der Waals surface area contributed by atoms with Gasteiger partial charge >= 0.3 is 0 Å². The van der Waals surface area contributed by atoms with Crippen LogP contribution in [0.4, 0.5) is 0 Å². The number of quaternary nitrogens is 1. The van der Waals surface area contributed by atoms with Gasteiger partial charge in [-0.2, -0.15) is 0 Å². The van der Waals surface area contributed by atoms with E-state index in [1.807, 2.05) is 0 Å². The summed E-state index contributed by atoms with van der Waals surface area (Å²) in [7, 11) is 0. The molecule has 0 aliphatic carbocycles. The minimum atomic E-state index is -0.0684. The zero-order valence-corrected chi connectivity index (χ0v) is 16.8. The van der Waals surface area contributed by atoms with E-state index in [0.29, 0.717) is 18.0 Å². The second-order valence-electron chi connectivity index (χ2n) is 9.63. The number of benzene rings is 1. The van der Waals surface area contributed by atoms with Crippen LogP contribution < -0.4 is 4.90 Å². The van der Waals surface area contributed by atoms with Crippen LogP contribution in [0.3, 0.4) is 0 Å². The summed E-state index contributed by atoms with van der Waals surface area (Å²) in [6.45, 7) is 20.4. The average Bonchev–Trinajstić information content (AvgIpc) is 2.36. The van der Waals surface area contributed by atoms with Crippen molar-refractivity contribution in [3.8, 4) is 5.75 Å². The van der Waals surface area contributed by atoms with Crippen LogP contribution in [0.1, 0.15) is 72.1 Å². The van der Waals surface area contributed by atoms with Gasteiger partial charge in [-0.1, -0.05) is 41.5 Å². The van der Waals surface area contributed by atoms with E-state index >= 15 is 0 Å². The van der Waals surface area contributed by atoms with Crippen LogP contribution in [0.25, 0.3) is 0 Å². The van der Waals surface area contributed by atoms with Crippen molar-refractivity contribution in [1.82, 2.24) is 0 Å². The molecule has 1 saturated heterocycles. The van der Waals surface area contributed by atoms with Gasteiger partial charge in [0.2, 0.25) is 0 Å². The maximum Gasteiger partial charge on any atom is 0.123 e. The van der Waals surface area contributed by atoms with Gasteiger partial charge in [0.1, 0.15) is 37.6 Å². The van der Waals surface area contributed by atoms with Crippen molar-refractivity contribution in [3.05, 3.63) is 28.8 Å². The van der Waals surface area contributed by atoms with Gasteiger partial charge in [-0.15, -0.1) is 0 Å². The molecule has 1 fully saturated rings. The molecule has 2 rings (SSSR count). The average molecular weight is 335 g/mol. The van der Waals surface area contributed by atoms with E-state index in [1.54, 1.807) is 4.90 Å². The van der Waals surface area contributed by atoms with Crippen molar-refractivity contribution in [2.75, 3.05) is 13.1 Å². The molecule has 0 spiro atoms. The number of hydrogen-bond donors (Lipinski definition) is 2. The largest absolute Gasteiger partial charge is 0.507 e. The standard InChI is InChI=1S/C21H35NO2/c1-14-11-22(12-15(2)24-14)13-16-9-17(20(3,4)5)19(23)18(10-16)21(6,7)8/h9-10,14-15,23H,11-13H2,1-8H3/p+1/t14-,15-/m0/s1. The van der Waals surface area contributed by atoms with E-state index in [4.69, 9.17) is 4.74 Å². The third-order valence-electron chi connectivity index (χ3n) is 4.86. The highest BCUT2D eigenvalue weighted by molar-refractivity contribution is 5.49. The zero-order chi connectivity index (χ0) is 18.3. The summed E-state index contributed by atoms with van der Waals surface area (Å²) in [5.74, 6) is 0.470. The first-order valence-corrected chi connectivity index (χ1v) is 9.24. The minimum absolute atomic E-state index is 0.0684. The molecule has 3 heteroatoms. The van der Waals surface area contributed by atoms with Gasteiger partial charge in [-0.25, -0.2) is 0 Å². The van der Waals surface area contributed by atoms with E-state index in [9.17, 15) is 5.11 Å². The summed E-state index contributed by atoms with van der Waals surface area (Å²) in [4.78, 5) is 1.56. The first-order chi connectivity index (χ1) is 10.9. The molecule has 1 aliphatic heterocycles. The molecule has 0 radical (unpaired) electrons. The molecule has 0 amide bonds. The number of aromatic hydroxyl groups is 1. The third-order valence-corrected chi connectivity index (χ3v) is 4.86. The molecule has 1 aliphatic rings. The summed E-state index contributed by atoms with van der Waals surface area (Å²) in [6, 6.07) is 4.42. The highest BCUT2D eigenvalue weighted by Gasteiger charge is 2.29. The smallest absolute Gasteiger partial charge is 0.123 e. The van der Waals surface area contributed by atoms with Crippen LogP contribution in [0, 0.1) is 0 Å². The van der Waals surface area contributed by atoms with Crippen molar-refractivity contribution in [2.45, 2.75) is 85.0 Å². The first-order valence-electron chi connectivity index (χ1n) is 9.24. The van der Waals surface area contributed by atoms with Crippen LogP contribution in [0.5, 0.6) is 5.75 Å². The highest BCUT2D eigenvalue weighted by atomic mass is 16.5. The van der Waals surface area contributed by atoms with E-state index in [2.05, 4.69) is 67.5 Å². The summed E-state index contributed by atoms with van der Waals surface area (Å²) >= 11 is 0. The fourth-order valence-electron chi connectivity index (χ4n) is 3.76. The molecule has 1 heterocycles. The van der Waals surface area contributed by atoms with Crippen LogP contribution >= 0.6 is 0 Å². The third kappa shape index (κ3) is 4.52. The molecular weight excluding hydrogens is 298 g/mol. The van der Waals surface area contributed by atoms with Gasteiger partial charge in [0.15, 0.2) is 0 Å². The van der Waals surface area contributed by atoms with Crippen LogP contribution in [-0.2, 0) is 22.1 Å². The highest BCUT2D eigenvalue weighted by Crippen LogP contribution is 2.39. The maximum atomic E-state index is 10.8. The number of phenols is 1. The molecule has 0 aromatic heterocycles. The molecule has 24 heavy (non-hydrogen) atoms. The molecule has 1 aromatic carbocycles. The van der Waals surface area contributed by atoms with E-state index in [-0.39, 0.29) is 10.8 Å². The Morgan fingerprint density at radius 1 is 0.958 bits per heavy atom. The SMILES string of the molecule is C[C@H]1C[NH+](Cc2cc(C(C)(C)C)c(O)c(C(C)(C)C)c2)C[C@H](C)O1. The Balaban J connectivity index is 2.39. The first kappa shape index (κ1) is 19.3. The maximum absolute atomic E-state index is 10.8. The molecule has 0 unspecified atom stereocenters.